The summed E-state index contributed by atoms with van der Waals surface area (Å²) in [5.41, 5.74) is 3.38. The minimum absolute atomic E-state index is 0.363. The molecule has 0 aliphatic carbocycles. The summed E-state index contributed by atoms with van der Waals surface area (Å²) in [4.78, 5) is 16.0. The molecule has 0 aromatic carbocycles. The van der Waals surface area contributed by atoms with Crippen molar-refractivity contribution in [3.8, 4) is 11.3 Å². The molecule has 0 amide bonds. The number of ether oxygens (including phenoxy) is 1. The minimum Gasteiger partial charge on any atom is -0.465 e. The number of pyridine rings is 1. The van der Waals surface area contributed by atoms with Crippen molar-refractivity contribution in [1.29, 1.82) is 0 Å². The lowest BCUT2D eigenvalue weighted by Gasteiger charge is -2.03. The van der Waals surface area contributed by atoms with Crippen molar-refractivity contribution in [3.63, 3.8) is 0 Å². The maximum absolute atomic E-state index is 11.7. The van der Waals surface area contributed by atoms with Gasteiger partial charge in [-0.3, -0.25) is 4.98 Å². The van der Waals surface area contributed by atoms with Crippen LogP contribution < -0.4 is 0 Å². The molecule has 2 rings (SSSR count). The van der Waals surface area contributed by atoms with E-state index in [0.29, 0.717) is 17.0 Å². The Hall–Kier alpha value is -2.17. The average molecular weight is 246 g/mol. The van der Waals surface area contributed by atoms with Crippen molar-refractivity contribution in [1.82, 2.24) is 10.1 Å². The molecule has 5 nitrogen and oxygen atoms in total. The van der Waals surface area contributed by atoms with Gasteiger partial charge in [-0.05, 0) is 32.9 Å². The van der Waals surface area contributed by atoms with Crippen molar-refractivity contribution in [2.45, 2.75) is 20.8 Å². The van der Waals surface area contributed by atoms with Gasteiger partial charge in [0.1, 0.15) is 17.0 Å². The van der Waals surface area contributed by atoms with Crippen LogP contribution in [0.5, 0.6) is 0 Å². The van der Waals surface area contributed by atoms with Gasteiger partial charge in [0.15, 0.2) is 0 Å². The van der Waals surface area contributed by atoms with Crippen LogP contribution in [0.15, 0.2) is 16.7 Å². The number of hydrogen-bond donors (Lipinski definition) is 0. The zero-order chi connectivity index (χ0) is 13.3. The average Bonchev–Trinajstić information content (AvgIpc) is 2.69. The van der Waals surface area contributed by atoms with Crippen LogP contribution in [0.1, 0.15) is 27.5 Å². The predicted octanol–water partition coefficient (Wildman–Crippen LogP) is 2.45. The number of nitrogens with zero attached hydrogens (tertiary/aromatic N) is 2. The standard InChI is InChI=1S/C13H14N2O3/c1-7-5-10(6-8(2)14-7)12-11(13(16)17-4)9(3)18-15-12/h5-6H,1-4H3. The summed E-state index contributed by atoms with van der Waals surface area (Å²) in [7, 11) is 1.33. The third kappa shape index (κ3) is 2.11. The Balaban J connectivity index is 2.61. The smallest absolute Gasteiger partial charge is 0.343 e. The third-order valence-electron chi connectivity index (χ3n) is 2.61. The molecule has 0 saturated carbocycles. The maximum atomic E-state index is 11.7. The highest BCUT2D eigenvalue weighted by molar-refractivity contribution is 5.97. The topological polar surface area (TPSA) is 65.2 Å². The van der Waals surface area contributed by atoms with E-state index >= 15 is 0 Å². The molecule has 2 heterocycles. The van der Waals surface area contributed by atoms with Crippen LogP contribution in [-0.2, 0) is 4.74 Å². The van der Waals surface area contributed by atoms with E-state index in [1.54, 1.807) is 6.92 Å². The van der Waals surface area contributed by atoms with Crippen LogP contribution in [-0.4, -0.2) is 23.2 Å². The number of hydrogen-bond acceptors (Lipinski definition) is 5. The summed E-state index contributed by atoms with van der Waals surface area (Å²) >= 11 is 0. The molecular formula is C13H14N2O3. The first-order chi connectivity index (χ1) is 8.52. The number of aryl methyl sites for hydroxylation is 3. The van der Waals surface area contributed by atoms with Gasteiger partial charge in [-0.25, -0.2) is 4.79 Å². The van der Waals surface area contributed by atoms with Crippen LogP contribution >= 0.6 is 0 Å². The number of carbonyl (C=O) groups is 1. The zero-order valence-electron chi connectivity index (χ0n) is 10.8. The van der Waals surface area contributed by atoms with Gasteiger partial charge in [-0.2, -0.15) is 0 Å². The SMILES string of the molecule is COC(=O)c1c(-c2cc(C)nc(C)c2)noc1C. The maximum Gasteiger partial charge on any atom is 0.343 e. The lowest BCUT2D eigenvalue weighted by molar-refractivity contribution is 0.0599. The Morgan fingerprint density at radius 2 is 1.83 bits per heavy atom. The van der Waals surface area contributed by atoms with Crippen LogP contribution in [0, 0.1) is 20.8 Å². The number of carbonyl (C=O) groups excluding carboxylic acids is 1. The highest BCUT2D eigenvalue weighted by atomic mass is 16.5. The van der Waals surface area contributed by atoms with E-state index in [9.17, 15) is 4.79 Å². The fourth-order valence-electron chi connectivity index (χ4n) is 1.88. The number of rotatable bonds is 2. The summed E-state index contributed by atoms with van der Waals surface area (Å²) < 4.78 is 9.83. The number of esters is 1. The number of aromatic nitrogens is 2. The Kier molecular flexibility index (Phi) is 3.14. The number of methoxy groups -OCH3 is 1. The lowest BCUT2D eigenvalue weighted by atomic mass is 10.1. The Morgan fingerprint density at radius 3 is 2.39 bits per heavy atom. The molecule has 0 aliphatic rings. The first-order valence-corrected chi connectivity index (χ1v) is 5.53. The molecule has 2 aromatic heterocycles. The second-order valence-corrected chi connectivity index (χ2v) is 4.09. The molecule has 0 aliphatic heterocycles. The fourth-order valence-corrected chi connectivity index (χ4v) is 1.88. The molecule has 0 N–H and O–H groups in total. The van der Waals surface area contributed by atoms with Crippen molar-refractivity contribution in [2.75, 3.05) is 7.11 Å². The molecule has 0 radical (unpaired) electrons. The molecule has 94 valence electrons. The lowest BCUT2D eigenvalue weighted by Crippen LogP contribution is -2.04. The molecule has 0 unspecified atom stereocenters. The van der Waals surface area contributed by atoms with Gasteiger partial charge in [0.2, 0.25) is 0 Å². The van der Waals surface area contributed by atoms with Crippen molar-refractivity contribution < 1.29 is 14.1 Å². The van der Waals surface area contributed by atoms with Gasteiger partial charge in [-0.15, -0.1) is 0 Å². The molecule has 0 saturated heterocycles. The molecule has 0 fully saturated rings. The van der Waals surface area contributed by atoms with E-state index in [-0.39, 0.29) is 0 Å². The van der Waals surface area contributed by atoms with Gasteiger partial charge in [0.25, 0.3) is 0 Å². The molecular weight excluding hydrogens is 232 g/mol. The fraction of sp³-hybridized carbons (Fsp3) is 0.308. The summed E-state index contributed by atoms with van der Waals surface area (Å²) in [5, 5.41) is 3.93. The van der Waals surface area contributed by atoms with E-state index in [4.69, 9.17) is 9.26 Å². The molecule has 2 aromatic rings. The summed E-state index contributed by atoms with van der Waals surface area (Å²) in [6.45, 7) is 5.46. The summed E-state index contributed by atoms with van der Waals surface area (Å²) in [6.07, 6.45) is 0. The van der Waals surface area contributed by atoms with Gasteiger partial charge in [-0.1, -0.05) is 5.16 Å². The summed E-state index contributed by atoms with van der Waals surface area (Å²) in [5.74, 6) is -0.000151. The van der Waals surface area contributed by atoms with Crippen molar-refractivity contribution >= 4 is 5.97 Å². The molecule has 0 bridgehead atoms. The van der Waals surface area contributed by atoms with Crippen LogP contribution in [0.3, 0.4) is 0 Å². The molecule has 0 spiro atoms. The molecule has 0 atom stereocenters. The van der Waals surface area contributed by atoms with Crippen molar-refractivity contribution in [2.24, 2.45) is 0 Å². The normalized spacial score (nSPS) is 10.4. The van der Waals surface area contributed by atoms with E-state index in [2.05, 4.69) is 10.1 Å². The first-order valence-electron chi connectivity index (χ1n) is 5.53. The molecule has 5 heteroatoms. The minimum atomic E-state index is -0.448. The van der Waals surface area contributed by atoms with Gasteiger partial charge < -0.3 is 9.26 Å². The predicted molar refractivity (Wildman–Crippen MR) is 65.3 cm³/mol. The van der Waals surface area contributed by atoms with E-state index in [1.165, 1.54) is 7.11 Å². The van der Waals surface area contributed by atoms with E-state index in [1.807, 2.05) is 26.0 Å². The highest BCUT2D eigenvalue weighted by Gasteiger charge is 2.22. The Bertz CT molecular complexity index is 582. The van der Waals surface area contributed by atoms with E-state index < -0.39 is 5.97 Å². The quantitative estimate of drug-likeness (QED) is 0.761. The molecule has 18 heavy (non-hydrogen) atoms. The Morgan fingerprint density at radius 1 is 1.22 bits per heavy atom. The second kappa shape index (κ2) is 4.60. The van der Waals surface area contributed by atoms with Crippen molar-refractivity contribution in [3.05, 3.63) is 34.8 Å². The zero-order valence-corrected chi connectivity index (χ0v) is 10.8. The Labute approximate surface area is 105 Å². The largest absolute Gasteiger partial charge is 0.465 e. The monoisotopic (exact) mass is 246 g/mol. The van der Waals surface area contributed by atoms with Gasteiger partial charge in [0.05, 0.1) is 7.11 Å². The van der Waals surface area contributed by atoms with E-state index in [0.717, 1.165) is 17.0 Å². The van der Waals surface area contributed by atoms with Crippen LogP contribution in [0.25, 0.3) is 11.3 Å². The highest BCUT2D eigenvalue weighted by Crippen LogP contribution is 2.26. The second-order valence-electron chi connectivity index (χ2n) is 4.09. The first kappa shape index (κ1) is 12.3. The van der Waals surface area contributed by atoms with Gasteiger partial charge in [0, 0.05) is 17.0 Å². The third-order valence-corrected chi connectivity index (χ3v) is 2.61. The van der Waals surface area contributed by atoms with Crippen LogP contribution in [0.4, 0.5) is 0 Å². The van der Waals surface area contributed by atoms with Crippen LogP contribution in [0.2, 0.25) is 0 Å². The van der Waals surface area contributed by atoms with Gasteiger partial charge >= 0.3 is 5.97 Å². The summed E-state index contributed by atoms with van der Waals surface area (Å²) in [6, 6.07) is 3.72.